The fraction of sp³-hybridized carbons (Fsp3) is 0.200. The summed E-state index contributed by atoms with van der Waals surface area (Å²) in [6, 6.07) is 15.4. The summed E-state index contributed by atoms with van der Waals surface area (Å²) in [4.78, 5) is 28.5. The predicted molar refractivity (Wildman–Crippen MR) is 93.6 cm³/mol. The van der Waals surface area contributed by atoms with Gasteiger partial charge in [0.1, 0.15) is 11.5 Å². The van der Waals surface area contributed by atoms with Crippen molar-refractivity contribution in [3.8, 4) is 0 Å². The van der Waals surface area contributed by atoms with E-state index in [2.05, 4.69) is 0 Å². The van der Waals surface area contributed by atoms with Crippen molar-refractivity contribution in [1.29, 1.82) is 0 Å². The predicted octanol–water partition coefficient (Wildman–Crippen LogP) is 3.06. The molecular formula is C20H19FN2O2. The zero-order valence-corrected chi connectivity index (χ0v) is 14.2. The van der Waals surface area contributed by atoms with Crippen LogP contribution in [0.15, 0.2) is 60.3 Å². The largest absolute Gasteiger partial charge is 0.365 e. The van der Waals surface area contributed by atoms with Gasteiger partial charge in [0.05, 0.1) is 5.57 Å². The molecule has 0 radical (unpaired) electrons. The van der Waals surface area contributed by atoms with Gasteiger partial charge in [-0.3, -0.25) is 14.5 Å². The second-order valence-corrected chi connectivity index (χ2v) is 5.93. The number of hydrogen-bond acceptors (Lipinski definition) is 3. The van der Waals surface area contributed by atoms with Gasteiger partial charge in [0.25, 0.3) is 11.8 Å². The lowest BCUT2D eigenvalue weighted by atomic mass is 10.0. The lowest BCUT2D eigenvalue weighted by Crippen LogP contribution is -2.33. The Kier molecular flexibility index (Phi) is 4.65. The Morgan fingerprint density at radius 3 is 2.20 bits per heavy atom. The summed E-state index contributed by atoms with van der Waals surface area (Å²) in [7, 11) is 1.79. The number of benzene rings is 2. The third-order valence-corrected chi connectivity index (χ3v) is 4.24. The topological polar surface area (TPSA) is 40.6 Å². The molecule has 0 fully saturated rings. The Morgan fingerprint density at radius 1 is 0.960 bits per heavy atom. The van der Waals surface area contributed by atoms with Crippen LogP contribution in [0.25, 0.3) is 5.57 Å². The number of nitrogens with zero attached hydrogens (tertiary/aromatic N) is 2. The lowest BCUT2D eigenvalue weighted by molar-refractivity contribution is -0.137. The summed E-state index contributed by atoms with van der Waals surface area (Å²) in [5.41, 5.74) is 2.25. The molecule has 5 heteroatoms. The van der Waals surface area contributed by atoms with Crippen LogP contribution >= 0.6 is 0 Å². The Balaban J connectivity index is 2.04. The fourth-order valence-corrected chi connectivity index (χ4v) is 3.02. The van der Waals surface area contributed by atoms with Crippen molar-refractivity contribution in [2.75, 3.05) is 13.6 Å². The maximum atomic E-state index is 13.2. The first-order chi connectivity index (χ1) is 12.0. The molecule has 2 aromatic rings. The molecule has 0 spiro atoms. The minimum atomic E-state index is -0.382. The van der Waals surface area contributed by atoms with Gasteiger partial charge in [-0.2, -0.15) is 0 Å². The molecule has 0 aromatic heterocycles. The maximum absolute atomic E-state index is 13.2. The third-order valence-electron chi connectivity index (χ3n) is 4.24. The molecule has 1 heterocycles. The molecule has 0 aliphatic carbocycles. The molecule has 2 aromatic carbocycles. The van der Waals surface area contributed by atoms with Crippen LogP contribution in [0.5, 0.6) is 0 Å². The quantitative estimate of drug-likeness (QED) is 0.787. The average Bonchev–Trinajstić information content (AvgIpc) is 2.86. The van der Waals surface area contributed by atoms with Gasteiger partial charge >= 0.3 is 0 Å². The number of rotatable bonds is 5. The zero-order valence-electron chi connectivity index (χ0n) is 14.2. The highest BCUT2D eigenvalue weighted by Crippen LogP contribution is 2.31. The summed E-state index contributed by atoms with van der Waals surface area (Å²) in [6.45, 7) is 2.56. The van der Waals surface area contributed by atoms with E-state index < -0.39 is 0 Å². The summed E-state index contributed by atoms with van der Waals surface area (Å²) < 4.78 is 13.2. The van der Waals surface area contributed by atoms with E-state index in [0.29, 0.717) is 29.9 Å². The van der Waals surface area contributed by atoms with E-state index in [4.69, 9.17) is 0 Å². The number of amides is 2. The minimum absolute atomic E-state index is 0.297. The van der Waals surface area contributed by atoms with Gasteiger partial charge in [-0.05, 0) is 30.2 Å². The lowest BCUT2D eigenvalue weighted by Gasteiger charge is -2.21. The van der Waals surface area contributed by atoms with Gasteiger partial charge < -0.3 is 4.90 Å². The van der Waals surface area contributed by atoms with E-state index in [1.165, 1.54) is 29.2 Å². The van der Waals surface area contributed by atoms with Crippen molar-refractivity contribution < 1.29 is 14.0 Å². The summed E-state index contributed by atoms with van der Waals surface area (Å²) in [5, 5.41) is 0. The van der Waals surface area contributed by atoms with E-state index in [1.54, 1.807) is 18.9 Å². The second-order valence-electron chi connectivity index (χ2n) is 5.93. The smallest absolute Gasteiger partial charge is 0.277 e. The van der Waals surface area contributed by atoms with Gasteiger partial charge in [-0.25, -0.2) is 4.39 Å². The highest BCUT2D eigenvalue weighted by Gasteiger charge is 2.39. The summed E-state index contributed by atoms with van der Waals surface area (Å²) in [6.07, 6.45) is 0. The van der Waals surface area contributed by atoms with Crippen molar-refractivity contribution in [1.82, 2.24) is 9.80 Å². The van der Waals surface area contributed by atoms with E-state index in [1.807, 2.05) is 30.3 Å². The van der Waals surface area contributed by atoms with E-state index in [9.17, 15) is 14.0 Å². The molecule has 3 rings (SSSR count). The number of likely N-dealkylation sites (N-methyl/N-ethyl adjacent to an activating group) is 2. The zero-order chi connectivity index (χ0) is 18.0. The number of carbonyl (C=O) groups excluding carboxylic acids is 2. The maximum Gasteiger partial charge on any atom is 0.277 e. The Hall–Kier alpha value is -2.95. The third kappa shape index (κ3) is 3.18. The molecule has 2 amide bonds. The fourth-order valence-electron chi connectivity index (χ4n) is 3.02. The number of imide groups is 1. The van der Waals surface area contributed by atoms with Crippen molar-refractivity contribution in [2.24, 2.45) is 0 Å². The van der Waals surface area contributed by atoms with Gasteiger partial charge in [0, 0.05) is 20.1 Å². The first-order valence-corrected chi connectivity index (χ1v) is 8.14. The SMILES string of the molecule is CCN1C(=O)C(c2ccc(F)cc2)=C(N(C)Cc2ccccc2)C1=O. The molecule has 0 saturated heterocycles. The highest BCUT2D eigenvalue weighted by atomic mass is 19.1. The van der Waals surface area contributed by atoms with E-state index in [-0.39, 0.29) is 17.6 Å². The van der Waals surface area contributed by atoms with Crippen LogP contribution < -0.4 is 0 Å². The number of hydrogen-bond donors (Lipinski definition) is 0. The molecule has 0 N–H and O–H groups in total. The van der Waals surface area contributed by atoms with Crippen molar-refractivity contribution in [2.45, 2.75) is 13.5 Å². The van der Waals surface area contributed by atoms with Crippen LogP contribution in [0.3, 0.4) is 0 Å². The van der Waals surface area contributed by atoms with E-state index >= 15 is 0 Å². The van der Waals surface area contributed by atoms with Gasteiger partial charge in [-0.15, -0.1) is 0 Å². The van der Waals surface area contributed by atoms with Crippen molar-refractivity contribution >= 4 is 17.4 Å². The molecule has 0 saturated carbocycles. The normalized spacial score (nSPS) is 14.4. The Morgan fingerprint density at radius 2 is 1.60 bits per heavy atom. The van der Waals surface area contributed by atoms with Crippen LogP contribution in [-0.4, -0.2) is 35.2 Å². The molecule has 0 atom stereocenters. The molecule has 0 bridgehead atoms. The summed E-state index contributed by atoms with van der Waals surface area (Å²) in [5.74, 6) is -1.04. The minimum Gasteiger partial charge on any atom is -0.365 e. The molecule has 25 heavy (non-hydrogen) atoms. The van der Waals surface area contributed by atoms with Crippen LogP contribution in [0.4, 0.5) is 4.39 Å². The van der Waals surface area contributed by atoms with Gasteiger partial charge in [-0.1, -0.05) is 42.5 Å². The van der Waals surface area contributed by atoms with Crippen LogP contribution in [-0.2, 0) is 16.1 Å². The van der Waals surface area contributed by atoms with Crippen LogP contribution in [0.2, 0.25) is 0 Å². The monoisotopic (exact) mass is 338 g/mol. The molecule has 0 unspecified atom stereocenters. The second kappa shape index (κ2) is 6.89. The standard InChI is InChI=1S/C20H19FN2O2/c1-3-23-19(24)17(15-9-11-16(21)12-10-15)18(20(23)25)22(2)13-14-7-5-4-6-8-14/h4-12H,3,13H2,1-2H3. The molecule has 1 aliphatic heterocycles. The van der Waals surface area contributed by atoms with Gasteiger partial charge in [0.15, 0.2) is 0 Å². The molecule has 4 nitrogen and oxygen atoms in total. The molecular weight excluding hydrogens is 319 g/mol. The van der Waals surface area contributed by atoms with Crippen LogP contribution in [0.1, 0.15) is 18.1 Å². The molecule has 1 aliphatic rings. The first kappa shape index (κ1) is 16.9. The summed E-state index contributed by atoms with van der Waals surface area (Å²) >= 11 is 0. The van der Waals surface area contributed by atoms with Gasteiger partial charge in [0.2, 0.25) is 0 Å². The van der Waals surface area contributed by atoms with Crippen LogP contribution in [0, 0.1) is 5.82 Å². The Labute approximate surface area is 146 Å². The average molecular weight is 338 g/mol. The van der Waals surface area contributed by atoms with E-state index in [0.717, 1.165) is 5.56 Å². The first-order valence-electron chi connectivity index (χ1n) is 8.14. The van der Waals surface area contributed by atoms with Crippen molar-refractivity contribution in [3.63, 3.8) is 0 Å². The number of halogens is 1. The Bertz CT molecular complexity index is 829. The number of carbonyl (C=O) groups is 2. The van der Waals surface area contributed by atoms with Crippen molar-refractivity contribution in [3.05, 3.63) is 77.2 Å². The highest BCUT2D eigenvalue weighted by molar-refractivity contribution is 6.35. The molecule has 128 valence electrons.